The standard InChI is InChI=1S/C25H23Cl2NO4/c1-2-14-32-20-5-3-4-18(15-20)8-11-23-21(26)16-22(27)24(29)28(23)13-12-17-6-9-19(10-7-17)25(30)31/h3-11,15-16H,2,12-14H2,1H3,(H,30,31). The highest BCUT2D eigenvalue weighted by Crippen LogP contribution is 2.22. The van der Waals surface area contributed by atoms with Gasteiger partial charge in [-0.25, -0.2) is 4.79 Å². The molecule has 0 saturated heterocycles. The number of halogens is 2. The van der Waals surface area contributed by atoms with E-state index in [1.165, 1.54) is 10.6 Å². The smallest absolute Gasteiger partial charge is 0.335 e. The van der Waals surface area contributed by atoms with E-state index in [1.807, 2.05) is 37.3 Å². The number of carbonyl (C=O) groups is 1. The fraction of sp³-hybridized carbons (Fsp3) is 0.200. The predicted molar refractivity (Wildman–Crippen MR) is 129 cm³/mol. The first-order valence-corrected chi connectivity index (χ1v) is 11.0. The Balaban J connectivity index is 1.86. The lowest BCUT2D eigenvalue weighted by Gasteiger charge is -2.13. The molecule has 1 heterocycles. The van der Waals surface area contributed by atoms with Crippen LogP contribution in [0.4, 0.5) is 0 Å². The lowest BCUT2D eigenvalue weighted by molar-refractivity contribution is 0.0697. The molecule has 0 aliphatic heterocycles. The zero-order chi connectivity index (χ0) is 23.1. The quantitative estimate of drug-likeness (QED) is 0.411. The summed E-state index contributed by atoms with van der Waals surface area (Å²) in [6.45, 7) is 3.03. The normalized spacial score (nSPS) is 11.1. The topological polar surface area (TPSA) is 68.5 Å². The van der Waals surface area contributed by atoms with E-state index in [1.54, 1.807) is 30.3 Å². The zero-order valence-corrected chi connectivity index (χ0v) is 19.1. The van der Waals surface area contributed by atoms with Gasteiger partial charge in [-0.2, -0.15) is 0 Å². The molecular weight excluding hydrogens is 449 g/mol. The van der Waals surface area contributed by atoms with Crippen LogP contribution in [0.5, 0.6) is 5.75 Å². The first kappa shape index (κ1) is 23.6. The van der Waals surface area contributed by atoms with Crippen molar-refractivity contribution in [2.75, 3.05) is 6.61 Å². The molecule has 3 aromatic rings. The van der Waals surface area contributed by atoms with Crippen molar-refractivity contribution in [1.29, 1.82) is 0 Å². The number of rotatable bonds is 9. The molecule has 2 aromatic carbocycles. The third-order valence-corrected chi connectivity index (χ3v) is 5.40. The summed E-state index contributed by atoms with van der Waals surface area (Å²) >= 11 is 12.5. The Hall–Kier alpha value is -3.02. The number of benzene rings is 2. The maximum atomic E-state index is 12.7. The molecule has 0 amide bonds. The van der Waals surface area contributed by atoms with E-state index in [-0.39, 0.29) is 16.1 Å². The summed E-state index contributed by atoms with van der Waals surface area (Å²) in [7, 11) is 0. The van der Waals surface area contributed by atoms with E-state index in [2.05, 4.69) is 0 Å². The van der Waals surface area contributed by atoms with Crippen LogP contribution >= 0.6 is 23.2 Å². The number of carboxylic acids is 1. The molecule has 0 aliphatic carbocycles. The molecule has 0 aliphatic rings. The van der Waals surface area contributed by atoms with Crippen molar-refractivity contribution in [3.63, 3.8) is 0 Å². The van der Waals surface area contributed by atoms with Gasteiger partial charge in [-0.15, -0.1) is 0 Å². The first-order valence-electron chi connectivity index (χ1n) is 10.2. The van der Waals surface area contributed by atoms with Crippen LogP contribution in [0, 0.1) is 0 Å². The summed E-state index contributed by atoms with van der Waals surface area (Å²) < 4.78 is 7.20. The highest BCUT2D eigenvalue weighted by atomic mass is 35.5. The van der Waals surface area contributed by atoms with Crippen molar-refractivity contribution in [3.8, 4) is 5.75 Å². The van der Waals surface area contributed by atoms with Gasteiger partial charge < -0.3 is 14.4 Å². The van der Waals surface area contributed by atoms with Gasteiger partial charge in [0.15, 0.2) is 0 Å². The molecule has 3 rings (SSSR count). The summed E-state index contributed by atoms with van der Waals surface area (Å²) in [5.74, 6) is -0.204. The van der Waals surface area contributed by atoms with Crippen molar-refractivity contribution < 1.29 is 14.6 Å². The number of ether oxygens (including phenoxy) is 1. The summed E-state index contributed by atoms with van der Waals surface area (Å²) in [5, 5.41) is 9.45. The molecular formula is C25H23Cl2NO4. The number of carboxylic acid groups (broad SMARTS) is 1. The SMILES string of the molecule is CCCOc1cccc(C=Cc2c(Cl)cc(Cl)c(=O)n2CCc2ccc(C(=O)O)cc2)c1. The van der Waals surface area contributed by atoms with Gasteiger partial charge in [0, 0.05) is 6.54 Å². The fourth-order valence-corrected chi connectivity index (χ4v) is 3.70. The Morgan fingerprint density at radius 1 is 1.06 bits per heavy atom. The number of nitrogens with zero attached hydrogens (tertiary/aromatic N) is 1. The van der Waals surface area contributed by atoms with Crippen LogP contribution in [-0.4, -0.2) is 22.2 Å². The molecule has 1 N–H and O–H groups in total. The molecule has 0 radical (unpaired) electrons. The Morgan fingerprint density at radius 2 is 1.81 bits per heavy atom. The molecule has 5 nitrogen and oxygen atoms in total. The van der Waals surface area contributed by atoms with Crippen LogP contribution < -0.4 is 10.3 Å². The summed E-state index contributed by atoms with van der Waals surface area (Å²) in [6.07, 6.45) is 5.08. The molecule has 0 bridgehead atoms. The second kappa shape index (κ2) is 11.0. The highest BCUT2D eigenvalue weighted by molar-refractivity contribution is 6.35. The maximum absolute atomic E-state index is 12.7. The average Bonchev–Trinajstić information content (AvgIpc) is 2.79. The van der Waals surface area contributed by atoms with Gasteiger partial charge in [0.2, 0.25) is 0 Å². The minimum atomic E-state index is -0.981. The van der Waals surface area contributed by atoms with E-state index in [9.17, 15) is 9.59 Å². The number of aromatic nitrogens is 1. The minimum Gasteiger partial charge on any atom is -0.494 e. The van der Waals surface area contributed by atoms with Crippen molar-refractivity contribution >= 4 is 41.3 Å². The summed E-state index contributed by atoms with van der Waals surface area (Å²) in [6, 6.07) is 15.7. The van der Waals surface area contributed by atoms with Gasteiger partial charge >= 0.3 is 5.97 Å². The molecule has 0 saturated carbocycles. The van der Waals surface area contributed by atoms with Crippen LogP contribution in [0.2, 0.25) is 10.0 Å². The second-order valence-corrected chi connectivity index (χ2v) is 8.00. The predicted octanol–water partition coefficient (Wildman–Crippen LogP) is 6.06. The van der Waals surface area contributed by atoms with E-state index in [0.29, 0.717) is 30.3 Å². The molecule has 166 valence electrons. The number of hydrogen-bond acceptors (Lipinski definition) is 3. The summed E-state index contributed by atoms with van der Waals surface area (Å²) in [4.78, 5) is 23.8. The van der Waals surface area contributed by atoms with Gasteiger partial charge in [0.25, 0.3) is 5.56 Å². The van der Waals surface area contributed by atoms with Gasteiger partial charge in [-0.1, -0.05) is 60.5 Å². The third kappa shape index (κ3) is 6.02. The number of aryl methyl sites for hydroxylation is 1. The van der Waals surface area contributed by atoms with Crippen molar-refractivity contribution in [2.24, 2.45) is 0 Å². The molecule has 0 atom stereocenters. The zero-order valence-electron chi connectivity index (χ0n) is 17.6. The number of hydrogen-bond donors (Lipinski definition) is 1. The van der Waals surface area contributed by atoms with E-state index >= 15 is 0 Å². The second-order valence-electron chi connectivity index (χ2n) is 7.19. The third-order valence-electron chi connectivity index (χ3n) is 4.83. The van der Waals surface area contributed by atoms with Crippen LogP contribution in [0.25, 0.3) is 12.2 Å². The molecule has 1 aromatic heterocycles. The Labute approximate surface area is 196 Å². The van der Waals surface area contributed by atoms with E-state index in [4.69, 9.17) is 33.0 Å². The number of aromatic carboxylic acids is 1. The van der Waals surface area contributed by atoms with Crippen LogP contribution in [0.1, 0.15) is 40.5 Å². The lowest BCUT2D eigenvalue weighted by Crippen LogP contribution is -2.24. The Morgan fingerprint density at radius 3 is 2.50 bits per heavy atom. The molecule has 0 fully saturated rings. The molecule has 32 heavy (non-hydrogen) atoms. The van der Waals surface area contributed by atoms with Gasteiger partial charge in [-0.05, 0) is 60.4 Å². The van der Waals surface area contributed by atoms with Crippen LogP contribution in [0.3, 0.4) is 0 Å². The average molecular weight is 472 g/mol. The molecule has 7 heteroatoms. The van der Waals surface area contributed by atoms with Crippen molar-refractivity contribution in [2.45, 2.75) is 26.3 Å². The van der Waals surface area contributed by atoms with Crippen LogP contribution in [0.15, 0.2) is 59.4 Å². The highest BCUT2D eigenvalue weighted by Gasteiger charge is 2.11. The van der Waals surface area contributed by atoms with Crippen molar-refractivity contribution in [3.05, 3.63) is 97.4 Å². The van der Waals surface area contributed by atoms with Crippen molar-refractivity contribution in [1.82, 2.24) is 4.57 Å². The number of pyridine rings is 1. The molecule has 0 spiro atoms. The monoisotopic (exact) mass is 471 g/mol. The lowest BCUT2D eigenvalue weighted by atomic mass is 10.1. The Kier molecular flexibility index (Phi) is 8.14. The van der Waals surface area contributed by atoms with Gasteiger partial charge in [0.05, 0.1) is 22.9 Å². The maximum Gasteiger partial charge on any atom is 0.335 e. The minimum absolute atomic E-state index is 0.0448. The first-order chi connectivity index (χ1) is 15.4. The van der Waals surface area contributed by atoms with E-state index < -0.39 is 5.97 Å². The Bertz CT molecular complexity index is 1180. The largest absolute Gasteiger partial charge is 0.494 e. The fourth-order valence-electron chi connectivity index (χ4n) is 3.16. The summed E-state index contributed by atoms with van der Waals surface area (Å²) in [5.41, 5.74) is 2.23. The van der Waals surface area contributed by atoms with Gasteiger partial charge in [-0.3, -0.25) is 4.79 Å². The van der Waals surface area contributed by atoms with E-state index in [0.717, 1.165) is 23.3 Å². The molecule has 0 unspecified atom stereocenters. The van der Waals surface area contributed by atoms with Crippen LogP contribution in [-0.2, 0) is 13.0 Å². The van der Waals surface area contributed by atoms with Gasteiger partial charge in [0.1, 0.15) is 10.8 Å².